The highest BCUT2D eigenvalue weighted by Crippen LogP contribution is 2.43. The van der Waals surface area contributed by atoms with E-state index in [2.05, 4.69) is 20.1 Å². The highest BCUT2D eigenvalue weighted by atomic mass is 127. The monoisotopic (exact) mass is 446 g/mol. The van der Waals surface area contributed by atoms with E-state index < -0.39 is 0 Å². The van der Waals surface area contributed by atoms with Crippen molar-refractivity contribution in [1.29, 1.82) is 0 Å². The Bertz CT molecular complexity index is 443. The van der Waals surface area contributed by atoms with Gasteiger partial charge in [-0.1, -0.05) is 19.3 Å². The van der Waals surface area contributed by atoms with Crippen LogP contribution in [-0.4, -0.2) is 61.6 Å². The number of halogens is 1. The molecule has 0 radical (unpaired) electrons. The summed E-state index contributed by atoms with van der Waals surface area (Å²) in [5.74, 6) is 1.98. The van der Waals surface area contributed by atoms with Crippen LogP contribution in [0.4, 0.5) is 0 Å². The lowest BCUT2D eigenvalue weighted by Crippen LogP contribution is -2.43. The molecule has 0 amide bonds. The standard InChI is InChI=1S/C19H34N4.HI/c1-20-18(21-13-16-7-11-22(14-16)17-5-6-17)23-12-10-19(15-23)8-3-2-4-9-19;/h16-17H,2-15H2,1H3,(H,20,21);1H. The summed E-state index contributed by atoms with van der Waals surface area (Å²) in [5, 5.41) is 3.70. The summed E-state index contributed by atoms with van der Waals surface area (Å²) in [6.07, 6.45) is 12.9. The lowest BCUT2D eigenvalue weighted by atomic mass is 9.73. The average molecular weight is 446 g/mol. The molecule has 0 aromatic heterocycles. The molecule has 4 aliphatic rings. The van der Waals surface area contributed by atoms with E-state index in [4.69, 9.17) is 0 Å². The van der Waals surface area contributed by atoms with Crippen molar-refractivity contribution < 1.29 is 0 Å². The van der Waals surface area contributed by atoms with Gasteiger partial charge in [-0.05, 0) is 56.4 Å². The summed E-state index contributed by atoms with van der Waals surface area (Å²) in [6, 6.07) is 0.934. The molecular weight excluding hydrogens is 411 g/mol. The van der Waals surface area contributed by atoms with Crippen LogP contribution in [0.1, 0.15) is 57.8 Å². The second-order valence-corrected chi connectivity index (χ2v) is 8.54. The van der Waals surface area contributed by atoms with Gasteiger partial charge in [0.15, 0.2) is 5.96 Å². The fourth-order valence-electron chi connectivity index (χ4n) is 5.19. The van der Waals surface area contributed by atoms with E-state index in [1.54, 1.807) is 0 Å². The van der Waals surface area contributed by atoms with Crippen LogP contribution >= 0.6 is 24.0 Å². The van der Waals surface area contributed by atoms with E-state index in [1.807, 2.05) is 7.05 Å². The average Bonchev–Trinajstić information content (AvgIpc) is 3.20. The number of hydrogen-bond acceptors (Lipinski definition) is 2. The lowest BCUT2D eigenvalue weighted by molar-refractivity contribution is 0.203. The van der Waals surface area contributed by atoms with Crippen molar-refractivity contribution in [3.8, 4) is 0 Å². The summed E-state index contributed by atoms with van der Waals surface area (Å²) in [4.78, 5) is 9.84. The molecule has 1 spiro atoms. The van der Waals surface area contributed by atoms with E-state index in [1.165, 1.54) is 84.0 Å². The molecule has 4 rings (SSSR count). The quantitative estimate of drug-likeness (QED) is 0.410. The Morgan fingerprint density at radius 2 is 1.88 bits per heavy atom. The molecule has 4 nitrogen and oxygen atoms in total. The minimum Gasteiger partial charge on any atom is -0.356 e. The van der Waals surface area contributed by atoms with Crippen LogP contribution in [0.3, 0.4) is 0 Å². The minimum absolute atomic E-state index is 0. The Morgan fingerprint density at radius 1 is 1.08 bits per heavy atom. The molecule has 24 heavy (non-hydrogen) atoms. The highest BCUT2D eigenvalue weighted by Gasteiger charge is 2.40. The van der Waals surface area contributed by atoms with Crippen LogP contribution in [-0.2, 0) is 0 Å². The van der Waals surface area contributed by atoms with Crippen LogP contribution in [0.15, 0.2) is 4.99 Å². The van der Waals surface area contributed by atoms with Gasteiger partial charge in [0.25, 0.3) is 0 Å². The summed E-state index contributed by atoms with van der Waals surface area (Å²) in [5.41, 5.74) is 0.617. The Kier molecular flexibility index (Phi) is 6.33. The summed E-state index contributed by atoms with van der Waals surface area (Å²) in [6.45, 7) is 6.19. The maximum absolute atomic E-state index is 4.59. The first-order chi connectivity index (χ1) is 11.3. The zero-order valence-corrected chi connectivity index (χ0v) is 17.6. The number of guanidine groups is 1. The molecule has 4 fully saturated rings. The van der Waals surface area contributed by atoms with Crippen molar-refractivity contribution in [2.24, 2.45) is 16.3 Å². The van der Waals surface area contributed by atoms with Crippen LogP contribution in [0, 0.1) is 11.3 Å². The maximum atomic E-state index is 4.59. The molecule has 5 heteroatoms. The zero-order valence-electron chi connectivity index (χ0n) is 15.3. The molecule has 0 bridgehead atoms. The normalized spacial score (nSPS) is 30.6. The number of likely N-dealkylation sites (tertiary alicyclic amines) is 2. The number of rotatable bonds is 3. The Morgan fingerprint density at radius 3 is 2.58 bits per heavy atom. The SMILES string of the molecule is CN=C(NCC1CCN(C2CC2)C1)N1CCC2(CCCCC2)C1.I. The van der Waals surface area contributed by atoms with Gasteiger partial charge in [-0.15, -0.1) is 24.0 Å². The van der Waals surface area contributed by atoms with Crippen molar-refractivity contribution >= 4 is 29.9 Å². The third-order valence-corrected chi connectivity index (χ3v) is 6.79. The Balaban J connectivity index is 0.00000169. The van der Waals surface area contributed by atoms with E-state index in [0.29, 0.717) is 5.41 Å². The Hall–Kier alpha value is -0.0400. The van der Waals surface area contributed by atoms with E-state index in [-0.39, 0.29) is 24.0 Å². The second kappa shape index (κ2) is 8.11. The minimum atomic E-state index is 0. The first kappa shape index (κ1) is 18.7. The van der Waals surface area contributed by atoms with E-state index in [0.717, 1.165) is 24.5 Å². The fraction of sp³-hybridized carbons (Fsp3) is 0.947. The molecule has 2 saturated carbocycles. The number of aliphatic imine (C=N–C) groups is 1. The lowest BCUT2D eigenvalue weighted by Gasteiger charge is -2.33. The van der Waals surface area contributed by atoms with Crippen LogP contribution in [0.25, 0.3) is 0 Å². The zero-order chi connectivity index (χ0) is 15.7. The molecule has 1 unspecified atom stereocenters. The van der Waals surface area contributed by atoms with Crippen molar-refractivity contribution in [2.45, 2.75) is 63.8 Å². The fourth-order valence-corrected chi connectivity index (χ4v) is 5.19. The van der Waals surface area contributed by atoms with Crippen LogP contribution < -0.4 is 5.32 Å². The summed E-state index contributed by atoms with van der Waals surface area (Å²) in [7, 11) is 1.96. The topological polar surface area (TPSA) is 30.9 Å². The van der Waals surface area contributed by atoms with Crippen molar-refractivity contribution in [1.82, 2.24) is 15.1 Å². The smallest absolute Gasteiger partial charge is 0.193 e. The van der Waals surface area contributed by atoms with Gasteiger partial charge >= 0.3 is 0 Å². The molecule has 2 saturated heterocycles. The van der Waals surface area contributed by atoms with Gasteiger partial charge in [0, 0.05) is 39.3 Å². The molecule has 2 heterocycles. The molecule has 2 aliphatic carbocycles. The summed E-state index contributed by atoms with van der Waals surface area (Å²) < 4.78 is 0. The van der Waals surface area contributed by atoms with Crippen LogP contribution in [0.2, 0.25) is 0 Å². The second-order valence-electron chi connectivity index (χ2n) is 8.54. The van der Waals surface area contributed by atoms with Crippen LogP contribution in [0.5, 0.6) is 0 Å². The molecule has 1 atom stereocenters. The van der Waals surface area contributed by atoms with Crippen molar-refractivity contribution in [3.63, 3.8) is 0 Å². The molecule has 2 aliphatic heterocycles. The van der Waals surface area contributed by atoms with E-state index in [9.17, 15) is 0 Å². The maximum Gasteiger partial charge on any atom is 0.193 e. The van der Waals surface area contributed by atoms with Gasteiger partial charge in [0.05, 0.1) is 0 Å². The first-order valence-corrected chi connectivity index (χ1v) is 9.98. The largest absolute Gasteiger partial charge is 0.356 e. The number of nitrogens with zero attached hydrogens (tertiary/aromatic N) is 3. The molecular formula is C19H35IN4. The van der Waals surface area contributed by atoms with Gasteiger partial charge in [-0.2, -0.15) is 0 Å². The van der Waals surface area contributed by atoms with Gasteiger partial charge in [-0.3, -0.25) is 4.99 Å². The van der Waals surface area contributed by atoms with Gasteiger partial charge < -0.3 is 15.1 Å². The number of nitrogens with one attached hydrogen (secondary N) is 1. The van der Waals surface area contributed by atoms with E-state index >= 15 is 0 Å². The van der Waals surface area contributed by atoms with Gasteiger partial charge in [-0.25, -0.2) is 0 Å². The van der Waals surface area contributed by atoms with Crippen molar-refractivity contribution in [2.75, 3.05) is 39.8 Å². The molecule has 138 valence electrons. The predicted molar refractivity (Wildman–Crippen MR) is 111 cm³/mol. The predicted octanol–water partition coefficient (Wildman–Crippen LogP) is 3.32. The highest BCUT2D eigenvalue weighted by molar-refractivity contribution is 14.0. The summed E-state index contributed by atoms with van der Waals surface area (Å²) >= 11 is 0. The number of hydrogen-bond donors (Lipinski definition) is 1. The molecule has 0 aromatic rings. The molecule has 0 aromatic carbocycles. The third kappa shape index (κ3) is 4.19. The van der Waals surface area contributed by atoms with Gasteiger partial charge in [0.2, 0.25) is 0 Å². The van der Waals surface area contributed by atoms with Crippen molar-refractivity contribution in [3.05, 3.63) is 0 Å². The molecule has 1 N–H and O–H groups in total. The Labute approximate surface area is 164 Å². The van der Waals surface area contributed by atoms with Gasteiger partial charge in [0.1, 0.15) is 0 Å². The third-order valence-electron chi connectivity index (χ3n) is 6.79. The first-order valence-electron chi connectivity index (χ1n) is 9.98.